The minimum absolute atomic E-state index is 0.123. The van der Waals surface area contributed by atoms with E-state index in [1.54, 1.807) is 0 Å². The number of hydrogen-bond acceptors (Lipinski definition) is 7. The minimum atomic E-state index is -0.248. The van der Waals surface area contributed by atoms with Gasteiger partial charge in [0.15, 0.2) is 0 Å². The maximum Gasteiger partial charge on any atom is 0.240 e. The van der Waals surface area contributed by atoms with Crippen LogP contribution in [0.1, 0.15) is 12.8 Å². The van der Waals surface area contributed by atoms with Crippen molar-refractivity contribution in [2.24, 2.45) is 17.5 Å². The molecule has 106 valence electrons. The quantitative estimate of drug-likeness (QED) is 0.567. The molecule has 0 bridgehead atoms. The highest BCUT2D eigenvalue weighted by molar-refractivity contribution is 7.16. The van der Waals surface area contributed by atoms with E-state index >= 15 is 0 Å². The molecule has 0 aromatic carbocycles. The Morgan fingerprint density at radius 2 is 2.35 bits per heavy atom. The Hall–Kier alpha value is -1.93. The molecule has 1 amide bonds. The van der Waals surface area contributed by atoms with Crippen LogP contribution >= 0.6 is 11.3 Å². The van der Waals surface area contributed by atoms with Crippen molar-refractivity contribution >= 4 is 39.2 Å². The lowest BCUT2D eigenvalue weighted by atomic mass is 9.97. The number of rotatable bonds is 3. The number of piperidine rings is 1. The maximum atomic E-state index is 11.4. The molecule has 20 heavy (non-hydrogen) atoms. The summed E-state index contributed by atoms with van der Waals surface area (Å²) in [5, 5.41) is 2.96. The number of fused-ring (bicyclic) bond motifs is 1. The summed E-state index contributed by atoms with van der Waals surface area (Å²) in [5.41, 5.74) is 7.92. The maximum absolute atomic E-state index is 11.4. The van der Waals surface area contributed by atoms with Gasteiger partial charge in [-0.25, -0.2) is 10.8 Å². The Bertz CT molecular complexity index is 642. The zero-order valence-corrected chi connectivity index (χ0v) is 11.7. The van der Waals surface area contributed by atoms with E-state index in [0.717, 1.165) is 35.4 Å². The van der Waals surface area contributed by atoms with Gasteiger partial charge in [-0.15, -0.1) is 11.3 Å². The van der Waals surface area contributed by atoms with Crippen LogP contribution in [0.25, 0.3) is 10.2 Å². The number of nitrogens with two attached hydrogens (primary N) is 2. The first-order valence-electron chi connectivity index (χ1n) is 6.45. The number of thiophene rings is 1. The molecule has 2 aromatic heterocycles. The average molecular weight is 292 g/mol. The molecule has 1 fully saturated rings. The zero-order valence-electron chi connectivity index (χ0n) is 10.9. The van der Waals surface area contributed by atoms with E-state index < -0.39 is 0 Å². The van der Waals surface area contributed by atoms with Crippen LogP contribution < -0.4 is 21.9 Å². The summed E-state index contributed by atoms with van der Waals surface area (Å²) in [7, 11) is 0. The largest absolute Gasteiger partial charge is 0.369 e. The van der Waals surface area contributed by atoms with E-state index in [4.69, 9.17) is 11.6 Å². The van der Waals surface area contributed by atoms with Crippen molar-refractivity contribution in [1.29, 1.82) is 0 Å². The summed E-state index contributed by atoms with van der Waals surface area (Å²) >= 11 is 1.54. The summed E-state index contributed by atoms with van der Waals surface area (Å²) in [4.78, 5) is 23.1. The summed E-state index contributed by atoms with van der Waals surface area (Å²) < 4.78 is 0. The molecule has 1 aliphatic heterocycles. The van der Waals surface area contributed by atoms with Gasteiger partial charge in [0.05, 0.1) is 11.3 Å². The van der Waals surface area contributed by atoms with Crippen LogP contribution in [0.5, 0.6) is 0 Å². The fourth-order valence-electron chi connectivity index (χ4n) is 2.55. The first kappa shape index (κ1) is 13.1. The van der Waals surface area contributed by atoms with E-state index in [0.29, 0.717) is 12.5 Å². The number of hydrogen-bond donors (Lipinski definition) is 3. The molecule has 1 saturated heterocycles. The molecule has 3 rings (SSSR count). The van der Waals surface area contributed by atoms with E-state index in [1.807, 2.05) is 11.4 Å². The smallest absolute Gasteiger partial charge is 0.240 e. The van der Waals surface area contributed by atoms with Gasteiger partial charge in [-0.3, -0.25) is 10.2 Å². The molecule has 1 aliphatic rings. The molecular weight excluding hydrogens is 276 g/mol. The molecule has 1 unspecified atom stereocenters. The van der Waals surface area contributed by atoms with Crippen molar-refractivity contribution in [3.63, 3.8) is 0 Å². The Balaban J connectivity index is 2.00. The Morgan fingerprint density at radius 1 is 1.50 bits per heavy atom. The zero-order chi connectivity index (χ0) is 14.1. The van der Waals surface area contributed by atoms with E-state index in [1.165, 1.54) is 11.3 Å². The fraction of sp³-hybridized carbons (Fsp3) is 0.417. The van der Waals surface area contributed by atoms with Gasteiger partial charge in [0.25, 0.3) is 0 Å². The van der Waals surface area contributed by atoms with Crippen molar-refractivity contribution in [2.45, 2.75) is 12.8 Å². The summed E-state index contributed by atoms with van der Waals surface area (Å²) in [6.07, 6.45) is 1.76. The lowest BCUT2D eigenvalue weighted by molar-refractivity contribution is -0.122. The average Bonchev–Trinajstić information content (AvgIpc) is 2.94. The van der Waals surface area contributed by atoms with Crippen LogP contribution in [0.2, 0.25) is 0 Å². The second-order valence-electron chi connectivity index (χ2n) is 4.84. The second-order valence-corrected chi connectivity index (χ2v) is 5.74. The van der Waals surface area contributed by atoms with Gasteiger partial charge in [-0.2, -0.15) is 4.98 Å². The Kier molecular flexibility index (Phi) is 3.41. The standard InChI is InChI=1S/C12H16N6OS/c13-9(19)7-2-1-4-18(6-7)10-8-3-5-20-11(8)16-12(15-10)17-14/h3,5,7H,1-2,4,6,14H2,(H2,13,19)(H,15,16,17). The van der Waals surface area contributed by atoms with Crippen LogP contribution in [0.15, 0.2) is 11.4 Å². The third-order valence-corrected chi connectivity index (χ3v) is 4.36. The van der Waals surface area contributed by atoms with Crippen molar-refractivity contribution in [1.82, 2.24) is 9.97 Å². The molecule has 5 N–H and O–H groups in total. The van der Waals surface area contributed by atoms with Crippen LogP contribution in [0.4, 0.5) is 11.8 Å². The molecule has 2 aromatic rings. The summed E-state index contributed by atoms with van der Waals surface area (Å²) in [6.45, 7) is 1.46. The molecule has 0 saturated carbocycles. The number of carbonyl (C=O) groups excluding carboxylic acids is 1. The number of amides is 1. The number of primary amides is 1. The second kappa shape index (κ2) is 5.22. The predicted octanol–water partition coefficient (Wildman–Crippen LogP) is 0.679. The van der Waals surface area contributed by atoms with E-state index in [2.05, 4.69) is 20.3 Å². The lowest BCUT2D eigenvalue weighted by Gasteiger charge is -2.32. The highest BCUT2D eigenvalue weighted by atomic mass is 32.1. The third-order valence-electron chi connectivity index (χ3n) is 3.56. The molecule has 7 nitrogen and oxygen atoms in total. The van der Waals surface area contributed by atoms with Crippen molar-refractivity contribution in [3.05, 3.63) is 11.4 Å². The number of nitrogen functional groups attached to an aromatic ring is 1. The molecule has 8 heteroatoms. The van der Waals surface area contributed by atoms with Gasteiger partial charge in [0.1, 0.15) is 10.6 Å². The van der Waals surface area contributed by atoms with Gasteiger partial charge in [-0.1, -0.05) is 0 Å². The molecule has 0 spiro atoms. The number of hydrazine groups is 1. The normalized spacial score (nSPS) is 19.2. The van der Waals surface area contributed by atoms with Crippen LogP contribution in [0.3, 0.4) is 0 Å². The molecular formula is C12H16N6OS. The van der Waals surface area contributed by atoms with Gasteiger partial charge >= 0.3 is 0 Å². The fourth-order valence-corrected chi connectivity index (χ4v) is 3.31. The molecule has 3 heterocycles. The SMILES string of the molecule is NNc1nc(N2CCCC(C(N)=O)C2)c2ccsc2n1. The van der Waals surface area contributed by atoms with Crippen molar-refractivity contribution in [3.8, 4) is 0 Å². The summed E-state index contributed by atoms with van der Waals surface area (Å²) in [5.74, 6) is 6.25. The number of nitrogens with one attached hydrogen (secondary N) is 1. The third kappa shape index (κ3) is 2.27. The monoisotopic (exact) mass is 292 g/mol. The number of anilines is 2. The Morgan fingerprint density at radius 3 is 3.10 bits per heavy atom. The highest BCUT2D eigenvalue weighted by Crippen LogP contribution is 2.31. The first-order chi connectivity index (χ1) is 9.69. The van der Waals surface area contributed by atoms with Crippen LogP contribution in [-0.2, 0) is 4.79 Å². The minimum Gasteiger partial charge on any atom is -0.369 e. The van der Waals surface area contributed by atoms with Crippen molar-refractivity contribution in [2.75, 3.05) is 23.4 Å². The number of aromatic nitrogens is 2. The number of nitrogens with zero attached hydrogens (tertiary/aromatic N) is 3. The molecule has 0 aliphatic carbocycles. The van der Waals surface area contributed by atoms with Crippen molar-refractivity contribution < 1.29 is 4.79 Å². The van der Waals surface area contributed by atoms with E-state index in [-0.39, 0.29) is 11.8 Å². The van der Waals surface area contributed by atoms with Gasteiger partial charge in [0.2, 0.25) is 11.9 Å². The predicted molar refractivity (Wildman–Crippen MR) is 79.4 cm³/mol. The highest BCUT2D eigenvalue weighted by Gasteiger charge is 2.26. The van der Waals surface area contributed by atoms with E-state index in [9.17, 15) is 4.79 Å². The van der Waals surface area contributed by atoms with Crippen LogP contribution in [0, 0.1) is 5.92 Å². The van der Waals surface area contributed by atoms with Gasteiger partial charge < -0.3 is 10.6 Å². The number of carbonyl (C=O) groups is 1. The first-order valence-corrected chi connectivity index (χ1v) is 7.33. The van der Waals surface area contributed by atoms with Gasteiger partial charge in [-0.05, 0) is 24.3 Å². The molecule has 1 atom stereocenters. The lowest BCUT2D eigenvalue weighted by Crippen LogP contribution is -2.41. The van der Waals surface area contributed by atoms with Crippen LogP contribution in [-0.4, -0.2) is 29.0 Å². The van der Waals surface area contributed by atoms with Gasteiger partial charge in [0, 0.05) is 13.1 Å². The Labute approximate surface area is 119 Å². The summed E-state index contributed by atoms with van der Waals surface area (Å²) in [6, 6.07) is 1.99. The topological polar surface area (TPSA) is 110 Å². The molecule has 0 radical (unpaired) electrons.